The summed E-state index contributed by atoms with van der Waals surface area (Å²) < 4.78 is 4.78. The predicted molar refractivity (Wildman–Crippen MR) is 69.0 cm³/mol. The molecule has 0 bridgehead atoms. The van der Waals surface area contributed by atoms with Gasteiger partial charge in [-0.05, 0) is 37.0 Å². The van der Waals surface area contributed by atoms with E-state index in [9.17, 15) is 4.79 Å². The zero-order valence-electron chi connectivity index (χ0n) is 11.6. The molecule has 1 aliphatic rings. The minimum atomic E-state index is -0.471. The smallest absolute Gasteiger partial charge is 0.427 e. The second kappa shape index (κ2) is 5.07. The Morgan fingerprint density at radius 2 is 1.82 bits per heavy atom. The highest BCUT2D eigenvalue weighted by Gasteiger charge is 2.36. The molecule has 1 rings (SSSR count). The van der Waals surface area contributed by atoms with Crippen LogP contribution in [0.1, 0.15) is 53.9 Å². The van der Waals surface area contributed by atoms with Crippen LogP contribution in [0.5, 0.6) is 0 Å². The maximum absolute atomic E-state index is 11.2. The van der Waals surface area contributed by atoms with E-state index in [0.717, 1.165) is 18.6 Å². The van der Waals surface area contributed by atoms with E-state index in [-0.39, 0.29) is 10.8 Å². The van der Waals surface area contributed by atoms with Crippen LogP contribution in [0, 0.1) is 10.8 Å². The third kappa shape index (κ3) is 4.75. The number of amides is 1. The minimum absolute atomic E-state index is 0.247. The molecule has 0 aliphatic heterocycles. The standard InChI is InChI=1S/C13H24N2O2/c1-6-17-11(16)15-14-10-7-12(2,3)9-13(4,5)8-10/h6-9H2,1-5H3,(H,15,16). The summed E-state index contributed by atoms with van der Waals surface area (Å²) in [6, 6.07) is 0. The number of carbonyl (C=O) groups is 1. The number of hydrogen-bond acceptors (Lipinski definition) is 3. The maximum Gasteiger partial charge on any atom is 0.427 e. The number of nitrogens with zero attached hydrogens (tertiary/aromatic N) is 1. The zero-order chi connectivity index (χ0) is 13.1. The summed E-state index contributed by atoms with van der Waals surface area (Å²) in [5, 5.41) is 4.19. The van der Waals surface area contributed by atoms with E-state index in [4.69, 9.17) is 4.74 Å². The molecule has 1 saturated carbocycles. The van der Waals surface area contributed by atoms with E-state index in [1.807, 2.05) is 0 Å². The first kappa shape index (κ1) is 14.0. The number of nitrogens with one attached hydrogen (secondary N) is 1. The first-order chi connectivity index (χ1) is 7.74. The molecule has 0 aromatic heterocycles. The normalized spacial score (nSPS) is 21.8. The molecule has 0 aromatic carbocycles. The van der Waals surface area contributed by atoms with Gasteiger partial charge in [-0.2, -0.15) is 5.10 Å². The van der Waals surface area contributed by atoms with Crippen molar-refractivity contribution in [3.63, 3.8) is 0 Å². The van der Waals surface area contributed by atoms with Crippen molar-refractivity contribution in [3.05, 3.63) is 0 Å². The molecule has 17 heavy (non-hydrogen) atoms. The molecule has 4 nitrogen and oxygen atoms in total. The Bertz CT molecular complexity index is 301. The lowest BCUT2D eigenvalue weighted by Crippen LogP contribution is -2.35. The van der Waals surface area contributed by atoms with Crippen molar-refractivity contribution in [3.8, 4) is 0 Å². The van der Waals surface area contributed by atoms with Crippen LogP contribution >= 0.6 is 0 Å². The summed E-state index contributed by atoms with van der Waals surface area (Å²) >= 11 is 0. The van der Waals surface area contributed by atoms with E-state index >= 15 is 0 Å². The van der Waals surface area contributed by atoms with Crippen LogP contribution < -0.4 is 5.43 Å². The molecule has 0 saturated heterocycles. The van der Waals surface area contributed by atoms with Crippen LogP contribution in [0.3, 0.4) is 0 Å². The molecule has 0 heterocycles. The zero-order valence-corrected chi connectivity index (χ0v) is 11.6. The molecule has 98 valence electrons. The highest BCUT2D eigenvalue weighted by molar-refractivity contribution is 5.87. The van der Waals surface area contributed by atoms with Gasteiger partial charge in [0, 0.05) is 5.71 Å². The second-order valence-corrected chi connectivity index (χ2v) is 6.37. The van der Waals surface area contributed by atoms with E-state index in [1.165, 1.54) is 6.42 Å². The molecular formula is C13H24N2O2. The number of ether oxygens (including phenoxy) is 1. The summed E-state index contributed by atoms with van der Waals surface area (Å²) in [5.41, 5.74) is 4.00. The first-order valence-corrected chi connectivity index (χ1v) is 6.22. The van der Waals surface area contributed by atoms with Crippen molar-refractivity contribution in [1.29, 1.82) is 0 Å². The van der Waals surface area contributed by atoms with Crippen LogP contribution in [0.25, 0.3) is 0 Å². The molecule has 0 spiro atoms. The fourth-order valence-corrected chi connectivity index (χ4v) is 2.95. The quantitative estimate of drug-likeness (QED) is 0.753. The van der Waals surface area contributed by atoms with Crippen molar-refractivity contribution in [2.24, 2.45) is 15.9 Å². The fraction of sp³-hybridized carbons (Fsp3) is 0.846. The average Bonchev–Trinajstić information content (AvgIpc) is 2.10. The Labute approximate surface area is 104 Å². The largest absolute Gasteiger partial charge is 0.449 e. The van der Waals surface area contributed by atoms with Crippen LogP contribution in [0.15, 0.2) is 5.10 Å². The number of carbonyl (C=O) groups excluding carboxylic acids is 1. The Morgan fingerprint density at radius 1 is 1.29 bits per heavy atom. The van der Waals surface area contributed by atoms with E-state index in [2.05, 4.69) is 38.2 Å². The van der Waals surface area contributed by atoms with Gasteiger partial charge in [-0.15, -0.1) is 0 Å². The van der Waals surface area contributed by atoms with Gasteiger partial charge in [0.25, 0.3) is 0 Å². The first-order valence-electron chi connectivity index (χ1n) is 6.22. The van der Waals surface area contributed by atoms with Crippen LogP contribution in [-0.4, -0.2) is 18.4 Å². The number of hydrazone groups is 1. The van der Waals surface area contributed by atoms with Gasteiger partial charge < -0.3 is 4.74 Å². The van der Waals surface area contributed by atoms with E-state index in [0.29, 0.717) is 6.61 Å². The number of rotatable bonds is 2. The molecule has 0 unspecified atom stereocenters. The van der Waals surface area contributed by atoms with Crippen LogP contribution in [0.2, 0.25) is 0 Å². The highest BCUT2D eigenvalue weighted by Crippen LogP contribution is 2.44. The molecule has 0 atom stereocenters. The Morgan fingerprint density at radius 3 is 2.29 bits per heavy atom. The van der Waals surface area contributed by atoms with E-state index in [1.54, 1.807) is 6.92 Å². The lowest BCUT2D eigenvalue weighted by molar-refractivity contribution is 0.151. The fourth-order valence-electron chi connectivity index (χ4n) is 2.95. The average molecular weight is 240 g/mol. The van der Waals surface area contributed by atoms with Gasteiger partial charge in [-0.3, -0.25) is 0 Å². The van der Waals surface area contributed by atoms with Gasteiger partial charge in [-0.25, -0.2) is 10.2 Å². The second-order valence-electron chi connectivity index (χ2n) is 6.37. The van der Waals surface area contributed by atoms with Gasteiger partial charge in [0.05, 0.1) is 6.61 Å². The Hall–Kier alpha value is -1.06. The van der Waals surface area contributed by atoms with Crippen LogP contribution in [-0.2, 0) is 4.74 Å². The molecule has 1 N–H and O–H groups in total. The van der Waals surface area contributed by atoms with Gasteiger partial charge in [-0.1, -0.05) is 27.7 Å². The van der Waals surface area contributed by atoms with Gasteiger partial charge in [0.1, 0.15) is 0 Å². The SMILES string of the molecule is CCOC(=O)NN=C1CC(C)(C)CC(C)(C)C1. The summed E-state index contributed by atoms with van der Waals surface area (Å²) in [6.07, 6.45) is 2.57. The third-order valence-electron chi connectivity index (χ3n) is 2.90. The summed E-state index contributed by atoms with van der Waals surface area (Å²) in [4.78, 5) is 11.2. The lowest BCUT2D eigenvalue weighted by Gasteiger charge is -2.41. The highest BCUT2D eigenvalue weighted by atomic mass is 16.5. The van der Waals surface area contributed by atoms with Crippen molar-refractivity contribution in [2.45, 2.75) is 53.9 Å². The monoisotopic (exact) mass is 240 g/mol. The minimum Gasteiger partial charge on any atom is -0.449 e. The molecular weight excluding hydrogens is 216 g/mol. The van der Waals surface area contributed by atoms with E-state index < -0.39 is 6.09 Å². The summed E-state index contributed by atoms with van der Waals surface area (Å²) in [5.74, 6) is 0. The molecule has 0 radical (unpaired) electrons. The Kier molecular flexibility index (Phi) is 4.17. The molecule has 1 fully saturated rings. The van der Waals surface area contributed by atoms with Crippen LogP contribution in [0.4, 0.5) is 4.79 Å². The predicted octanol–water partition coefficient (Wildman–Crippen LogP) is 3.32. The van der Waals surface area contributed by atoms with Gasteiger partial charge in [0.15, 0.2) is 0 Å². The number of hydrogen-bond donors (Lipinski definition) is 1. The maximum atomic E-state index is 11.2. The Balaban J connectivity index is 2.64. The van der Waals surface area contributed by atoms with Gasteiger partial charge >= 0.3 is 6.09 Å². The summed E-state index contributed by atoms with van der Waals surface area (Å²) in [7, 11) is 0. The van der Waals surface area contributed by atoms with Crippen molar-refractivity contribution in [2.75, 3.05) is 6.61 Å². The topological polar surface area (TPSA) is 50.7 Å². The molecule has 1 aliphatic carbocycles. The van der Waals surface area contributed by atoms with Crippen molar-refractivity contribution < 1.29 is 9.53 Å². The lowest BCUT2D eigenvalue weighted by atomic mass is 9.65. The molecule has 4 heteroatoms. The third-order valence-corrected chi connectivity index (χ3v) is 2.90. The molecule has 1 amide bonds. The van der Waals surface area contributed by atoms with Crippen molar-refractivity contribution in [1.82, 2.24) is 5.43 Å². The van der Waals surface area contributed by atoms with Gasteiger partial charge in [0.2, 0.25) is 0 Å². The summed E-state index contributed by atoms with van der Waals surface area (Å²) in [6.45, 7) is 11.1. The molecule has 0 aromatic rings. The van der Waals surface area contributed by atoms with Crippen molar-refractivity contribution >= 4 is 11.8 Å².